The Morgan fingerprint density at radius 2 is 0.807 bits per heavy atom. The monoisotopic (exact) mass is 764 g/mol. The number of hydrogen-bond acceptors (Lipinski definition) is 3. The maximum atomic E-state index is 9.83. The molecule has 3 nitrogen and oxygen atoms in total. The van der Waals surface area contributed by atoms with Crippen molar-refractivity contribution in [2.45, 2.75) is 0 Å². The van der Waals surface area contributed by atoms with Crippen molar-refractivity contribution in [3.05, 3.63) is 211 Å². The SMILES string of the molecule is [2H]c1c([2H])c([2H])c(-c2c([2H])c([2H])c(N(c3c([2H])c([2H])c(-c4c([2H])c([2H])c([2H])c([2H])c4[2H])c([2H])c3[2H])c3c([2H])c([2H])c(-c4c([2H])c([2H])c([2H])c5oc6c(-c7c([2H])c([2H])c([2H])c([2H])c7[2H])c7c(oc8c([2H])c([2H])c([2H])c([2H])c87)c([2H])c6c45)c([2H])c3[2H])c([2H])c2[2H])c([2H])c1[2H]. The number of para-hydroxylation sites is 1. The van der Waals surface area contributed by atoms with Crippen LogP contribution in [0, 0.1) is 0 Å². The Bertz CT molecular complexity index is 4990. The van der Waals surface area contributed by atoms with E-state index in [0.29, 0.717) is 0 Å². The number of fused-ring (bicyclic) bond motifs is 6. The number of anilines is 3. The fourth-order valence-electron chi connectivity index (χ4n) is 6.15. The Morgan fingerprint density at radius 3 is 1.39 bits per heavy atom. The van der Waals surface area contributed by atoms with Crippen LogP contribution in [0.25, 0.3) is 88.4 Å². The molecule has 268 valence electrons. The lowest BCUT2D eigenvalue weighted by Crippen LogP contribution is -2.09. The number of rotatable bonds is 7. The molecular formula is C54H35NO2. The zero-order chi connectivity index (χ0) is 68.2. The fraction of sp³-hybridized carbons (Fsp3) is 0. The van der Waals surface area contributed by atoms with Gasteiger partial charge in [0.25, 0.3) is 0 Å². The summed E-state index contributed by atoms with van der Waals surface area (Å²) in [6, 6.07) is -37.4. The first-order valence-electron chi connectivity index (χ1n) is 34.0. The third kappa shape index (κ3) is 5.68. The van der Waals surface area contributed by atoms with E-state index in [1.165, 1.54) is 0 Å². The van der Waals surface area contributed by atoms with Crippen LogP contribution in [0.1, 0.15) is 48.0 Å². The van der Waals surface area contributed by atoms with Crippen LogP contribution in [0.2, 0.25) is 0 Å². The average molecular weight is 765 g/mol. The number of furan rings is 2. The van der Waals surface area contributed by atoms with Crippen LogP contribution in [0.4, 0.5) is 17.1 Å². The molecule has 0 amide bonds. The van der Waals surface area contributed by atoms with E-state index in [2.05, 4.69) is 0 Å². The predicted molar refractivity (Wildman–Crippen MR) is 237 cm³/mol. The van der Waals surface area contributed by atoms with Gasteiger partial charge in [-0.25, -0.2) is 0 Å². The van der Waals surface area contributed by atoms with Crippen molar-refractivity contribution in [3.63, 3.8) is 0 Å². The minimum atomic E-state index is -1.38. The molecule has 11 aromatic rings. The minimum Gasteiger partial charge on any atom is -0.456 e. The van der Waals surface area contributed by atoms with Gasteiger partial charge in [-0.1, -0.05) is 157 Å². The van der Waals surface area contributed by atoms with Gasteiger partial charge in [-0.15, -0.1) is 0 Å². The van der Waals surface area contributed by atoms with Gasteiger partial charge in [-0.2, -0.15) is 0 Å². The smallest absolute Gasteiger partial charge is 0.144 e. The first kappa shape index (κ1) is 13.0. The third-order valence-electron chi connectivity index (χ3n) is 8.58. The zero-order valence-corrected chi connectivity index (χ0v) is 28.3. The zero-order valence-electron chi connectivity index (χ0n) is 63.3. The molecule has 0 saturated carbocycles. The Morgan fingerprint density at radius 1 is 0.333 bits per heavy atom. The summed E-state index contributed by atoms with van der Waals surface area (Å²) in [6.07, 6.45) is 0. The van der Waals surface area contributed by atoms with Gasteiger partial charge in [0.15, 0.2) is 0 Å². The minimum absolute atomic E-state index is 0.245. The molecule has 0 unspecified atom stereocenters. The summed E-state index contributed by atoms with van der Waals surface area (Å²) in [6.45, 7) is 0. The van der Waals surface area contributed by atoms with Crippen LogP contribution in [0.5, 0.6) is 0 Å². The Hall–Kier alpha value is -7.62. The molecule has 0 aliphatic heterocycles. The molecule has 0 bridgehead atoms. The second kappa shape index (κ2) is 13.6. The van der Waals surface area contributed by atoms with Crippen molar-refractivity contribution in [3.8, 4) is 44.5 Å². The van der Waals surface area contributed by atoms with E-state index < -0.39 is 317 Å². The second-order valence-electron chi connectivity index (χ2n) is 11.8. The highest BCUT2D eigenvalue weighted by atomic mass is 16.3. The summed E-state index contributed by atoms with van der Waals surface area (Å²) < 4.78 is 327. The summed E-state index contributed by atoms with van der Waals surface area (Å²) in [5.41, 5.74) is -13.4. The van der Waals surface area contributed by atoms with E-state index in [0.717, 1.165) is 0 Å². The summed E-state index contributed by atoms with van der Waals surface area (Å²) in [5, 5.41) is -2.34. The Kier molecular flexibility index (Phi) is 3.09. The fourth-order valence-corrected chi connectivity index (χ4v) is 6.15. The van der Waals surface area contributed by atoms with Gasteiger partial charge in [-0.3, -0.25) is 0 Å². The van der Waals surface area contributed by atoms with E-state index in [-0.39, 0.29) is 4.90 Å². The molecule has 3 heteroatoms. The van der Waals surface area contributed by atoms with Crippen molar-refractivity contribution in [2.75, 3.05) is 4.90 Å². The lowest BCUT2D eigenvalue weighted by molar-refractivity contribution is 0.664. The standard InChI is InChI=1S/C54H35NO2/c1-4-13-36(14-5-1)38-23-29-42(30-24-38)55(43-31-25-39(26-32-43)37-15-6-2-7-16-37)44-33-27-40(28-34-44)45-20-12-22-49-52(45)47-35-50-53(46-19-10-11-21-48(46)56-50)51(54(47)57-49)41-17-8-3-9-18-41/h1-35H/i1D,2D,3D,4D,5D,6D,7D,8D,9D,10D,11D,12D,13D,14D,15D,16D,17D,18D,19D,20D,21D,22D,23D,24D,25D,26D,27D,28D,29D,30D,31D,32D,33D,34D,35D. The number of nitrogens with zero attached hydrogens (tertiary/aromatic N) is 1. The molecule has 0 fully saturated rings. The van der Waals surface area contributed by atoms with Crippen molar-refractivity contribution in [1.82, 2.24) is 0 Å². The van der Waals surface area contributed by atoms with Gasteiger partial charge < -0.3 is 13.7 Å². The Balaban J connectivity index is 1.31. The lowest BCUT2D eigenvalue weighted by Gasteiger charge is -2.26. The number of hydrogen-bond donors (Lipinski definition) is 0. The molecule has 0 spiro atoms. The van der Waals surface area contributed by atoms with Crippen molar-refractivity contribution >= 4 is 60.9 Å². The van der Waals surface area contributed by atoms with Crippen LogP contribution in [-0.4, -0.2) is 0 Å². The molecule has 2 aromatic heterocycles. The van der Waals surface area contributed by atoms with Gasteiger partial charge in [0, 0.05) is 44.2 Å². The van der Waals surface area contributed by atoms with Crippen LogP contribution < -0.4 is 4.90 Å². The largest absolute Gasteiger partial charge is 0.456 e. The molecule has 11 rings (SSSR count). The third-order valence-corrected chi connectivity index (χ3v) is 8.58. The highest BCUT2D eigenvalue weighted by Gasteiger charge is 2.23. The molecular weight excluding hydrogens is 695 g/mol. The molecule has 0 radical (unpaired) electrons. The van der Waals surface area contributed by atoms with Crippen molar-refractivity contribution in [2.24, 2.45) is 0 Å². The molecule has 0 N–H and O–H groups in total. The van der Waals surface area contributed by atoms with Crippen molar-refractivity contribution in [1.29, 1.82) is 0 Å². The average Bonchev–Trinajstić information content (AvgIpc) is 1.44. The van der Waals surface area contributed by atoms with E-state index in [1.54, 1.807) is 0 Å². The quantitative estimate of drug-likeness (QED) is 0.162. The molecule has 0 atom stereocenters. The molecule has 0 aliphatic rings. The maximum Gasteiger partial charge on any atom is 0.144 e. The molecule has 0 aliphatic carbocycles. The second-order valence-corrected chi connectivity index (χ2v) is 11.8. The molecule has 57 heavy (non-hydrogen) atoms. The first-order valence-corrected chi connectivity index (χ1v) is 16.5. The van der Waals surface area contributed by atoms with Gasteiger partial charge in [0.1, 0.15) is 22.3 Å². The van der Waals surface area contributed by atoms with E-state index in [4.69, 9.17) is 37.6 Å². The summed E-state index contributed by atoms with van der Waals surface area (Å²) in [5.74, 6) is 0. The molecule has 0 saturated heterocycles. The van der Waals surface area contributed by atoms with Crippen LogP contribution in [0.15, 0.2) is 220 Å². The highest BCUT2D eigenvalue weighted by Crippen LogP contribution is 2.47. The van der Waals surface area contributed by atoms with E-state index in [9.17, 15) is 19.2 Å². The summed E-state index contributed by atoms with van der Waals surface area (Å²) in [4.78, 5) is 0.245. The van der Waals surface area contributed by atoms with Gasteiger partial charge in [-0.05, 0) is 93.3 Å². The normalized spacial score (nSPS) is 20.1. The summed E-state index contributed by atoms with van der Waals surface area (Å²) >= 11 is 0. The van der Waals surface area contributed by atoms with Crippen molar-refractivity contribution < 1.29 is 56.8 Å². The number of benzene rings is 9. The van der Waals surface area contributed by atoms with Gasteiger partial charge >= 0.3 is 0 Å². The van der Waals surface area contributed by atoms with Crippen LogP contribution in [0.3, 0.4) is 0 Å². The van der Waals surface area contributed by atoms with E-state index in [1.807, 2.05) is 0 Å². The van der Waals surface area contributed by atoms with E-state index >= 15 is 0 Å². The summed E-state index contributed by atoms with van der Waals surface area (Å²) in [7, 11) is 0. The van der Waals surface area contributed by atoms with Crippen LogP contribution >= 0.6 is 0 Å². The maximum absolute atomic E-state index is 9.83. The topological polar surface area (TPSA) is 29.5 Å². The highest BCUT2D eigenvalue weighted by molar-refractivity contribution is 6.25. The first-order chi connectivity index (χ1) is 42.8. The lowest BCUT2D eigenvalue weighted by atomic mass is 9.94. The molecule has 2 heterocycles. The van der Waals surface area contributed by atoms with Gasteiger partial charge in [0.05, 0.1) is 48.0 Å². The van der Waals surface area contributed by atoms with Gasteiger partial charge in [0.2, 0.25) is 0 Å². The molecule has 9 aromatic carbocycles. The van der Waals surface area contributed by atoms with Crippen LogP contribution in [-0.2, 0) is 0 Å². The predicted octanol–water partition coefficient (Wildman–Crippen LogP) is 15.6. The Labute approximate surface area is 379 Å².